The summed E-state index contributed by atoms with van der Waals surface area (Å²) in [5, 5.41) is 11.2. The molecule has 41 heavy (non-hydrogen) atoms. The van der Waals surface area contributed by atoms with Crippen molar-refractivity contribution in [2.75, 3.05) is 20.1 Å². The fourth-order valence-corrected chi connectivity index (χ4v) is 5.98. The van der Waals surface area contributed by atoms with Crippen molar-refractivity contribution >= 4 is 51.4 Å². The molecule has 0 radical (unpaired) electrons. The van der Waals surface area contributed by atoms with Gasteiger partial charge in [0.15, 0.2) is 0 Å². The first-order valence-electron chi connectivity index (χ1n) is 13.4. The van der Waals surface area contributed by atoms with Gasteiger partial charge in [-0.3, -0.25) is 19.0 Å². The van der Waals surface area contributed by atoms with Gasteiger partial charge in [0, 0.05) is 74.2 Å². The van der Waals surface area contributed by atoms with Crippen LogP contribution in [0.5, 0.6) is 0 Å². The molecule has 3 aromatic rings. The quantitative estimate of drug-likeness (QED) is 0.480. The van der Waals surface area contributed by atoms with E-state index >= 15 is 0 Å². The number of carbonyl (C=O) groups is 2. The summed E-state index contributed by atoms with van der Waals surface area (Å²) in [5.74, 6) is -0.279. The Morgan fingerprint density at radius 2 is 1.88 bits per heavy atom. The minimum Gasteiger partial charge on any atom is -0.377 e. The van der Waals surface area contributed by atoms with Crippen molar-refractivity contribution in [1.29, 1.82) is 0 Å². The van der Waals surface area contributed by atoms with Crippen molar-refractivity contribution in [2.24, 2.45) is 12.0 Å². The maximum Gasteiger partial charge on any atom is 0.269 e. The molecule has 0 saturated carbocycles. The third-order valence-electron chi connectivity index (χ3n) is 8.00. The highest BCUT2D eigenvalue weighted by atomic mass is 35.5. The Hall–Kier alpha value is -4.44. The number of dihydropyridines is 1. The average Bonchev–Trinajstić information content (AvgIpc) is 3.33. The topological polar surface area (TPSA) is 105 Å². The summed E-state index contributed by atoms with van der Waals surface area (Å²) in [4.78, 5) is 44.7. The van der Waals surface area contributed by atoms with E-state index in [2.05, 4.69) is 23.3 Å². The van der Waals surface area contributed by atoms with E-state index in [4.69, 9.17) is 16.7 Å². The fraction of sp³-hybridized carbons (Fsp3) is 0.300. The molecule has 10 nitrogen and oxygen atoms in total. The summed E-state index contributed by atoms with van der Waals surface area (Å²) in [5.41, 5.74) is 4.88. The largest absolute Gasteiger partial charge is 0.377 e. The second-order valence-corrected chi connectivity index (χ2v) is 11.2. The standard InChI is InChI=1S/C30H30ClN7O3/c1-16-10-21(17(2)34-24-7-8-25(31)35(4)28(24)19-6-9-26(40)32-12-19)27-22(11-16)30(41)36(5)29-23(27)13-33-38(29)20-14-37(15-20)18(3)39/h6-13,17,20,34H,14-15H2,1-5H3. The second kappa shape index (κ2) is 9.88. The van der Waals surface area contributed by atoms with Gasteiger partial charge in [0.05, 0.1) is 23.6 Å². The van der Waals surface area contributed by atoms with Gasteiger partial charge in [0.25, 0.3) is 11.5 Å². The number of fused-ring (bicyclic) bond motifs is 3. The first-order chi connectivity index (χ1) is 19.5. The van der Waals surface area contributed by atoms with Crippen molar-refractivity contribution in [1.82, 2.24) is 29.5 Å². The maximum atomic E-state index is 13.7. The van der Waals surface area contributed by atoms with Gasteiger partial charge in [0.2, 0.25) is 5.91 Å². The summed E-state index contributed by atoms with van der Waals surface area (Å²) >= 11 is 6.47. The lowest BCUT2D eigenvalue weighted by Crippen LogP contribution is -2.50. The lowest BCUT2D eigenvalue weighted by Gasteiger charge is -2.38. The summed E-state index contributed by atoms with van der Waals surface area (Å²) in [6.45, 7) is 6.73. The third kappa shape index (κ3) is 4.39. The number of hydrogen-bond donors (Lipinski definition) is 1. The molecule has 5 heterocycles. The Bertz CT molecular complexity index is 1850. The number of hydrogen-bond acceptors (Lipinski definition) is 6. The minimum atomic E-state index is -0.311. The molecule has 3 aliphatic heterocycles. The van der Waals surface area contributed by atoms with E-state index in [-0.39, 0.29) is 29.5 Å². The van der Waals surface area contributed by atoms with Crippen LogP contribution in [-0.4, -0.2) is 62.3 Å². The molecular formula is C30H30ClN7O3. The lowest BCUT2D eigenvalue weighted by atomic mass is 9.95. The summed E-state index contributed by atoms with van der Waals surface area (Å²) < 4.78 is 3.54. The molecule has 1 atom stereocenters. The number of nitrogens with one attached hydrogen (secondary N) is 1. The Balaban J connectivity index is 1.47. The number of carbonyl (C=O) groups excluding carboxylic acids is 2. The number of rotatable bonds is 4. The number of likely N-dealkylation sites (N-methyl/N-ethyl adjacent to an activating group) is 1. The normalized spacial score (nSPS) is 20.0. The SMILES string of the molecule is CC(=O)N1CC(n2ncc3c4c(C(C)NC5=CC=C(Cl)N(C)C5=C5C=CC(=O)N=C5)cc(C)cc4c(=O)n(C)c32)C1. The van der Waals surface area contributed by atoms with E-state index < -0.39 is 0 Å². The Kier molecular flexibility index (Phi) is 6.45. The van der Waals surface area contributed by atoms with Gasteiger partial charge in [-0.25, -0.2) is 9.67 Å². The molecule has 1 unspecified atom stereocenters. The van der Waals surface area contributed by atoms with Gasteiger partial charge >= 0.3 is 0 Å². The van der Waals surface area contributed by atoms with Gasteiger partial charge in [-0.05, 0) is 49.3 Å². The molecule has 11 heteroatoms. The molecule has 3 aliphatic rings. The van der Waals surface area contributed by atoms with Crippen molar-refractivity contribution in [3.05, 3.63) is 86.2 Å². The number of pyridine rings is 1. The zero-order chi connectivity index (χ0) is 29.2. The molecule has 0 aliphatic carbocycles. The van der Waals surface area contributed by atoms with Crippen LogP contribution in [0.3, 0.4) is 0 Å². The Labute approximate surface area is 241 Å². The van der Waals surface area contributed by atoms with Crippen LogP contribution in [0.25, 0.3) is 21.8 Å². The van der Waals surface area contributed by atoms with Crippen LogP contribution in [0.15, 0.2) is 74.5 Å². The van der Waals surface area contributed by atoms with Crippen LogP contribution in [-0.2, 0) is 16.6 Å². The van der Waals surface area contributed by atoms with E-state index in [0.29, 0.717) is 23.6 Å². The Morgan fingerprint density at radius 3 is 2.56 bits per heavy atom. The summed E-state index contributed by atoms with van der Waals surface area (Å²) in [6, 6.07) is 3.81. The average molecular weight is 572 g/mol. The van der Waals surface area contributed by atoms with Gasteiger partial charge in [-0.2, -0.15) is 5.10 Å². The molecule has 1 fully saturated rings. The molecule has 6 rings (SSSR count). The number of aliphatic imine (C=N–C) groups is 1. The van der Waals surface area contributed by atoms with E-state index in [1.807, 2.05) is 48.0 Å². The van der Waals surface area contributed by atoms with E-state index in [9.17, 15) is 14.4 Å². The number of aryl methyl sites for hydroxylation is 2. The number of aromatic nitrogens is 3. The fourth-order valence-electron chi connectivity index (χ4n) is 5.83. The molecule has 2 aromatic heterocycles. The zero-order valence-corrected chi connectivity index (χ0v) is 24.2. The molecule has 0 spiro atoms. The zero-order valence-electron chi connectivity index (χ0n) is 23.5. The second-order valence-electron chi connectivity index (χ2n) is 10.8. The number of allylic oxidation sites excluding steroid dienone is 4. The van der Waals surface area contributed by atoms with E-state index in [1.54, 1.807) is 35.7 Å². The predicted molar refractivity (Wildman–Crippen MR) is 160 cm³/mol. The number of benzene rings is 1. The molecule has 2 amide bonds. The highest BCUT2D eigenvalue weighted by Crippen LogP contribution is 2.35. The molecule has 210 valence electrons. The predicted octanol–water partition coefficient (Wildman–Crippen LogP) is 3.58. The molecule has 0 bridgehead atoms. The van der Waals surface area contributed by atoms with E-state index in [0.717, 1.165) is 44.5 Å². The highest BCUT2D eigenvalue weighted by molar-refractivity contribution is 6.29. The number of nitrogens with zero attached hydrogens (tertiary/aromatic N) is 6. The highest BCUT2D eigenvalue weighted by Gasteiger charge is 2.33. The Morgan fingerprint density at radius 1 is 1.12 bits per heavy atom. The van der Waals surface area contributed by atoms with Crippen LogP contribution in [0.4, 0.5) is 0 Å². The first kappa shape index (κ1) is 26.8. The van der Waals surface area contributed by atoms with Crippen molar-refractivity contribution in [3.8, 4) is 0 Å². The molecule has 1 saturated heterocycles. The molecular weight excluding hydrogens is 542 g/mol. The third-order valence-corrected chi connectivity index (χ3v) is 8.38. The smallest absolute Gasteiger partial charge is 0.269 e. The van der Waals surface area contributed by atoms with Crippen LogP contribution in [0.1, 0.15) is 37.1 Å². The van der Waals surface area contributed by atoms with Crippen molar-refractivity contribution in [3.63, 3.8) is 0 Å². The lowest BCUT2D eigenvalue weighted by molar-refractivity contribution is -0.134. The van der Waals surface area contributed by atoms with Crippen LogP contribution >= 0.6 is 11.6 Å². The number of amides is 2. The van der Waals surface area contributed by atoms with Crippen molar-refractivity contribution in [2.45, 2.75) is 32.9 Å². The first-order valence-corrected chi connectivity index (χ1v) is 13.8. The molecule has 1 N–H and O–H groups in total. The van der Waals surface area contributed by atoms with Gasteiger partial charge in [-0.1, -0.05) is 17.7 Å². The maximum absolute atomic E-state index is 13.7. The van der Waals surface area contributed by atoms with Gasteiger partial charge in [0.1, 0.15) is 10.8 Å². The summed E-state index contributed by atoms with van der Waals surface area (Å²) in [6.07, 6.45) is 10.2. The van der Waals surface area contributed by atoms with Gasteiger partial charge < -0.3 is 15.1 Å². The number of halogens is 1. The van der Waals surface area contributed by atoms with Crippen LogP contribution < -0.4 is 10.9 Å². The van der Waals surface area contributed by atoms with Gasteiger partial charge in [-0.15, -0.1) is 0 Å². The molecule has 1 aromatic carbocycles. The number of likely N-dealkylation sites (tertiary alicyclic amines) is 1. The minimum absolute atomic E-state index is 0.00893. The van der Waals surface area contributed by atoms with E-state index in [1.165, 1.54) is 6.08 Å². The summed E-state index contributed by atoms with van der Waals surface area (Å²) in [7, 11) is 3.63. The van der Waals surface area contributed by atoms with Crippen molar-refractivity contribution < 1.29 is 9.59 Å². The monoisotopic (exact) mass is 571 g/mol. The van der Waals surface area contributed by atoms with Crippen LogP contribution in [0, 0.1) is 6.92 Å². The van der Waals surface area contributed by atoms with Crippen LogP contribution in [0.2, 0.25) is 0 Å².